The minimum atomic E-state index is -0.846. The highest BCUT2D eigenvalue weighted by molar-refractivity contribution is 6.42. The molecule has 1 unspecified atom stereocenters. The average molecular weight is 315 g/mol. The number of carboxylic acid groups (broad SMARTS) is 1. The van der Waals surface area contributed by atoms with Crippen molar-refractivity contribution in [3.8, 4) is 11.5 Å². The normalized spacial score (nSPS) is 12.3. The number of carboxylic acids is 1. The molecule has 0 aliphatic carbocycles. The average Bonchev–Trinajstić information content (AvgIpc) is 2.80. The Kier molecular flexibility index (Phi) is 4.62. The maximum Gasteiger partial charge on any atom is 0.303 e. The van der Waals surface area contributed by atoms with E-state index < -0.39 is 5.97 Å². The van der Waals surface area contributed by atoms with Gasteiger partial charge < -0.3 is 9.52 Å². The lowest BCUT2D eigenvalue weighted by atomic mass is 10.0. The van der Waals surface area contributed by atoms with Crippen molar-refractivity contribution in [1.82, 2.24) is 10.2 Å². The summed E-state index contributed by atoms with van der Waals surface area (Å²) in [6, 6.07) is 5.02. The molecule has 106 valence electrons. The van der Waals surface area contributed by atoms with Gasteiger partial charge in [-0.15, -0.1) is 10.2 Å². The predicted octanol–water partition coefficient (Wildman–Crippen LogP) is 3.70. The van der Waals surface area contributed by atoms with E-state index in [-0.39, 0.29) is 12.3 Å². The number of hydrogen-bond donors (Lipinski definition) is 1. The number of hydrogen-bond acceptors (Lipinski definition) is 4. The second-order valence-electron chi connectivity index (χ2n) is 4.54. The van der Waals surface area contributed by atoms with E-state index in [0.717, 1.165) is 0 Å². The monoisotopic (exact) mass is 314 g/mol. The molecule has 1 atom stereocenters. The zero-order valence-electron chi connectivity index (χ0n) is 10.6. The summed E-state index contributed by atoms with van der Waals surface area (Å²) in [4.78, 5) is 10.6. The Morgan fingerprint density at radius 1 is 1.35 bits per heavy atom. The van der Waals surface area contributed by atoms with Crippen LogP contribution in [0.25, 0.3) is 11.5 Å². The van der Waals surface area contributed by atoms with E-state index in [0.29, 0.717) is 33.8 Å². The van der Waals surface area contributed by atoms with Gasteiger partial charge in [0.25, 0.3) is 0 Å². The fourth-order valence-electron chi connectivity index (χ4n) is 1.75. The molecule has 0 saturated carbocycles. The summed E-state index contributed by atoms with van der Waals surface area (Å²) in [5, 5.41) is 17.4. The van der Waals surface area contributed by atoms with Gasteiger partial charge >= 0.3 is 5.97 Å². The highest BCUT2D eigenvalue weighted by Crippen LogP contribution is 2.28. The molecule has 2 aromatic rings. The zero-order chi connectivity index (χ0) is 14.7. The van der Waals surface area contributed by atoms with Crippen molar-refractivity contribution < 1.29 is 14.3 Å². The fraction of sp³-hybridized carbons (Fsp3) is 0.308. The molecule has 0 aliphatic rings. The van der Waals surface area contributed by atoms with Gasteiger partial charge in [0.05, 0.1) is 10.0 Å². The van der Waals surface area contributed by atoms with Crippen LogP contribution in [0.3, 0.4) is 0 Å². The number of halogens is 2. The first-order valence-electron chi connectivity index (χ1n) is 5.95. The third kappa shape index (κ3) is 3.71. The van der Waals surface area contributed by atoms with Crippen molar-refractivity contribution in [2.75, 3.05) is 0 Å². The third-order valence-corrected chi connectivity index (χ3v) is 3.42. The van der Waals surface area contributed by atoms with Crippen LogP contribution in [0.5, 0.6) is 0 Å². The summed E-state index contributed by atoms with van der Waals surface area (Å²) in [5.74, 6) is -0.183. The summed E-state index contributed by atoms with van der Waals surface area (Å²) >= 11 is 11.8. The predicted molar refractivity (Wildman–Crippen MR) is 74.9 cm³/mol. The highest BCUT2D eigenvalue weighted by atomic mass is 35.5. The maximum absolute atomic E-state index is 10.6. The van der Waals surface area contributed by atoms with E-state index in [1.54, 1.807) is 18.2 Å². The smallest absolute Gasteiger partial charge is 0.303 e. The molecule has 0 spiro atoms. The Bertz CT molecular complexity index is 628. The lowest BCUT2D eigenvalue weighted by Gasteiger charge is -2.03. The van der Waals surface area contributed by atoms with Crippen LogP contribution in [0.1, 0.15) is 19.2 Å². The topological polar surface area (TPSA) is 76.2 Å². The van der Waals surface area contributed by atoms with E-state index >= 15 is 0 Å². The summed E-state index contributed by atoms with van der Waals surface area (Å²) in [6.07, 6.45) is 0.477. The fourth-order valence-corrected chi connectivity index (χ4v) is 2.05. The van der Waals surface area contributed by atoms with Crippen molar-refractivity contribution in [3.05, 3.63) is 34.1 Å². The molecule has 20 heavy (non-hydrogen) atoms. The number of rotatable bonds is 5. The SMILES string of the molecule is CC(CC(=O)O)Cc1nnc(-c2ccc(Cl)c(Cl)c2)o1. The summed E-state index contributed by atoms with van der Waals surface area (Å²) in [6.45, 7) is 1.82. The van der Waals surface area contributed by atoms with Crippen molar-refractivity contribution in [3.63, 3.8) is 0 Å². The molecule has 1 N–H and O–H groups in total. The highest BCUT2D eigenvalue weighted by Gasteiger charge is 2.14. The van der Waals surface area contributed by atoms with Crippen LogP contribution in [0, 0.1) is 5.92 Å². The first kappa shape index (κ1) is 14.8. The first-order chi connectivity index (χ1) is 9.45. The largest absolute Gasteiger partial charge is 0.481 e. The van der Waals surface area contributed by atoms with Crippen molar-refractivity contribution in [2.24, 2.45) is 5.92 Å². The van der Waals surface area contributed by atoms with Crippen LogP contribution in [0.2, 0.25) is 10.0 Å². The van der Waals surface area contributed by atoms with E-state index in [4.69, 9.17) is 32.7 Å². The third-order valence-electron chi connectivity index (χ3n) is 2.68. The Balaban J connectivity index is 2.12. The Labute approximate surface area is 125 Å². The molecular formula is C13H12Cl2N2O3. The van der Waals surface area contributed by atoms with Crippen molar-refractivity contribution in [1.29, 1.82) is 0 Å². The van der Waals surface area contributed by atoms with Crippen molar-refractivity contribution in [2.45, 2.75) is 19.8 Å². The summed E-state index contributed by atoms with van der Waals surface area (Å²) in [7, 11) is 0. The van der Waals surface area contributed by atoms with Gasteiger partial charge in [-0.2, -0.15) is 0 Å². The lowest BCUT2D eigenvalue weighted by Crippen LogP contribution is -2.07. The van der Waals surface area contributed by atoms with Crippen LogP contribution < -0.4 is 0 Å². The number of carbonyl (C=O) groups is 1. The minimum Gasteiger partial charge on any atom is -0.481 e. The molecule has 0 fully saturated rings. The van der Waals surface area contributed by atoms with E-state index in [1.807, 2.05) is 6.92 Å². The van der Waals surface area contributed by atoms with Crippen LogP contribution in [-0.4, -0.2) is 21.3 Å². The minimum absolute atomic E-state index is 0.0600. The molecule has 0 radical (unpaired) electrons. The van der Waals surface area contributed by atoms with Gasteiger partial charge in [-0.1, -0.05) is 30.1 Å². The Morgan fingerprint density at radius 2 is 2.10 bits per heavy atom. The second-order valence-corrected chi connectivity index (χ2v) is 5.35. The number of benzene rings is 1. The molecule has 0 amide bonds. The zero-order valence-corrected chi connectivity index (χ0v) is 12.1. The molecule has 1 aromatic heterocycles. The number of aromatic nitrogens is 2. The van der Waals surface area contributed by atoms with E-state index in [9.17, 15) is 4.79 Å². The molecule has 1 heterocycles. The van der Waals surface area contributed by atoms with Gasteiger partial charge in [0, 0.05) is 18.4 Å². The summed E-state index contributed by atoms with van der Waals surface area (Å²) in [5.41, 5.74) is 0.670. The van der Waals surface area contributed by atoms with Gasteiger partial charge in [0.1, 0.15) is 0 Å². The van der Waals surface area contributed by atoms with Crippen LogP contribution in [0.15, 0.2) is 22.6 Å². The quantitative estimate of drug-likeness (QED) is 0.910. The lowest BCUT2D eigenvalue weighted by molar-refractivity contribution is -0.137. The first-order valence-corrected chi connectivity index (χ1v) is 6.71. The Morgan fingerprint density at radius 3 is 2.75 bits per heavy atom. The standard InChI is InChI=1S/C13H12Cl2N2O3/c1-7(5-12(18)19)4-11-16-17-13(20-11)8-2-3-9(14)10(15)6-8/h2-3,6-7H,4-5H2,1H3,(H,18,19). The maximum atomic E-state index is 10.6. The van der Waals surface area contributed by atoms with Crippen molar-refractivity contribution >= 4 is 29.2 Å². The van der Waals surface area contributed by atoms with E-state index in [2.05, 4.69) is 10.2 Å². The molecule has 5 nitrogen and oxygen atoms in total. The van der Waals surface area contributed by atoms with Gasteiger partial charge in [-0.05, 0) is 24.1 Å². The number of nitrogens with zero attached hydrogens (tertiary/aromatic N) is 2. The van der Waals surface area contributed by atoms with E-state index in [1.165, 1.54) is 0 Å². The van der Waals surface area contributed by atoms with Gasteiger partial charge in [-0.3, -0.25) is 4.79 Å². The summed E-state index contributed by atoms with van der Waals surface area (Å²) < 4.78 is 5.50. The molecule has 0 bridgehead atoms. The number of aliphatic carboxylic acids is 1. The van der Waals surface area contributed by atoms with Gasteiger partial charge in [0.2, 0.25) is 11.8 Å². The molecule has 7 heteroatoms. The van der Waals surface area contributed by atoms with Crippen LogP contribution in [0.4, 0.5) is 0 Å². The molecule has 0 aliphatic heterocycles. The molecule has 2 rings (SSSR count). The van der Waals surface area contributed by atoms with Crippen LogP contribution in [-0.2, 0) is 11.2 Å². The molecule has 0 saturated heterocycles. The Hall–Kier alpha value is -1.59. The van der Waals surface area contributed by atoms with Gasteiger partial charge in [-0.25, -0.2) is 0 Å². The molecular weight excluding hydrogens is 303 g/mol. The van der Waals surface area contributed by atoms with Crippen LogP contribution >= 0.6 is 23.2 Å². The second kappa shape index (κ2) is 6.24. The van der Waals surface area contributed by atoms with Gasteiger partial charge in [0.15, 0.2) is 0 Å². The molecule has 1 aromatic carbocycles.